The Balaban J connectivity index is 2.26. The highest BCUT2D eigenvalue weighted by molar-refractivity contribution is 9.11. The molecule has 1 heterocycles. The quantitative estimate of drug-likeness (QED) is 0.861. The summed E-state index contributed by atoms with van der Waals surface area (Å²) in [4.78, 5) is 10.9. The summed E-state index contributed by atoms with van der Waals surface area (Å²) in [6.07, 6.45) is 0. The molecule has 2 rings (SSSR count). The molecule has 0 fully saturated rings. The maximum absolute atomic E-state index is 12.2. The fourth-order valence-corrected chi connectivity index (χ4v) is 4.76. The zero-order valence-electron chi connectivity index (χ0n) is 10.4. The lowest BCUT2D eigenvalue weighted by molar-refractivity contribution is 0.100. The van der Waals surface area contributed by atoms with Gasteiger partial charge in [0.15, 0.2) is 0 Å². The molecule has 1 aromatic carbocycles. The number of carbonyl (C=O) groups excluding carboxylic acids is 1. The molecule has 0 spiro atoms. The van der Waals surface area contributed by atoms with E-state index in [2.05, 4.69) is 20.7 Å². The van der Waals surface area contributed by atoms with E-state index in [1.165, 1.54) is 24.3 Å². The van der Waals surface area contributed by atoms with Gasteiger partial charge in [0.1, 0.15) is 4.21 Å². The van der Waals surface area contributed by atoms with E-state index >= 15 is 0 Å². The monoisotopic (exact) mass is 374 g/mol. The molecule has 2 aromatic rings. The second-order valence-electron chi connectivity index (χ2n) is 4.07. The van der Waals surface area contributed by atoms with Gasteiger partial charge in [-0.25, -0.2) is 8.42 Å². The highest BCUT2D eigenvalue weighted by atomic mass is 79.9. The summed E-state index contributed by atoms with van der Waals surface area (Å²) >= 11 is 4.44. The van der Waals surface area contributed by atoms with Crippen LogP contribution in [0, 0.1) is 6.92 Å². The third kappa shape index (κ3) is 3.20. The van der Waals surface area contributed by atoms with Gasteiger partial charge in [-0.15, -0.1) is 11.3 Å². The lowest BCUT2D eigenvalue weighted by Crippen LogP contribution is -2.13. The minimum atomic E-state index is -3.63. The van der Waals surface area contributed by atoms with Crippen LogP contribution in [0.5, 0.6) is 0 Å². The highest BCUT2D eigenvalue weighted by Crippen LogP contribution is 2.31. The minimum Gasteiger partial charge on any atom is -0.366 e. The Kier molecular flexibility index (Phi) is 4.17. The van der Waals surface area contributed by atoms with Crippen LogP contribution in [0.25, 0.3) is 0 Å². The van der Waals surface area contributed by atoms with Crippen molar-refractivity contribution in [3.63, 3.8) is 0 Å². The van der Waals surface area contributed by atoms with E-state index in [0.29, 0.717) is 11.3 Å². The molecule has 1 aromatic heterocycles. The Morgan fingerprint density at radius 2 is 1.90 bits per heavy atom. The number of thiophene rings is 1. The summed E-state index contributed by atoms with van der Waals surface area (Å²) in [5.41, 5.74) is 6.68. The predicted molar refractivity (Wildman–Crippen MR) is 82.5 cm³/mol. The SMILES string of the molecule is Cc1cc(S(=O)(=O)Nc2ccc(C(N)=O)cc2)sc1Br. The molecular weight excluding hydrogens is 364 g/mol. The molecule has 5 nitrogen and oxygen atoms in total. The van der Waals surface area contributed by atoms with Crippen LogP contribution in [0.1, 0.15) is 15.9 Å². The summed E-state index contributed by atoms with van der Waals surface area (Å²) in [7, 11) is -3.63. The number of aryl methyl sites for hydroxylation is 1. The molecule has 0 atom stereocenters. The van der Waals surface area contributed by atoms with Crippen molar-refractivity contribution < 1.29 is 13.2 Å². The summed E-state index contributed by atoms with van der Waals surface area (Å²) < 4.78 is 27.8. The number of rotatable bonds is 4. The lowest BCUT2D eigenvalue weighted by atomic mass is 10.2. The maximum Gasteiger partial charge on any atom is 0.271 e. The molecular formula is C12H11BrN2O3S2. The first-order chi connectivity index (χ1) is 9.29. The van der Waals surface area contributed by atoms with Crippen molar-refractivity contribution in [2.24, 2.45) is 5.73 Å². The first-order valence-electron chi connectivity index (χ1n) is 5.48. The smallest absolute Gasteiger partial charge is 0.271 e. The summed E-state index contributed by atoms with van der Waals surface area (Å²) in [6.45, 7) is 1.82. The molecule has 106 valence electrons. The predicted octanol–water partition coefficient (Wildman–Crippen LogP) is 2.72. The van der Waals surface area contributed by atoms with Gasteiger partial charge in [0.05, 0.1) is 3.79 Å². The van der Waals surface area contributed by atoms with Gasteiger partial charge in [-0.05, 0) is 58.7 Å². The van der Waals surface area contributed by atoms with Crippen LogP contribution < -0.4 is 10.5 Å². The summed E-state index contributed by atoms with van der Waals surface area (Å²) in [5, 5.41) is 0. The molecule has 0 aliphatic carbocycles. The van der Waals surface area contributed by atoms with Crippen molar-refractivity contribution in [1.82, 2.24) is 0 Å². The molecule has 0 saturated carbocycles. The molecule has 0 saturated heterocycles. The van der Waals surface area contributed by atoms with Gasteiger partial charge in [0.25, 0.3) is 10.0 Å². The van der Waals surface area contributed by atoms with Crippen LogP contribution in [-0.2, 0) is 10.0 Å². The first-order valence-corrected chi connectivity index (χ1v) is 8.57. The van der Waals surface area contributed by atoms with E-state index in [9.17, 15) is 13.2 Å². The normalized spacial score (nSPS) is 11.3. The van der Waals surface area contributed by atoms with Crippen molar-refractivity contribution in [1.29, 1.82) is 0 Å². The van der Waals surface area contributed by atoms with Gasteiger partial charge in [-0.1, -0.05) is 0 Å². The van der Waals surface area contributed by atoms with E-state index in [0.717, 1.165) is 20.7 Å². The molecule has 0 aliphatic rings. The number of anilines is 1. The number of primary amides is 1. The second-order valence-corrected chi connectivity index (χ2v) is 8.35. The number of hydrogen-bond donors (Lipinski definition) is 2. The molecule has 0 bridgehead atoms. The van der Waals surface area contributed by atoms with E-state index in [1.807, 2.05) is 6.92 Å². The van der Waals surface area contributed by atoms with Gasteiger partial charge < -0.3 is 5.73 Å². The van der Waals surface area contributed by atoms with Crippen molar-refractivity contribution >= 4 is 48.9 Å². The number of halogens is 1. The third-order valence-corrected chi connectivity index (χ3v) is 6.51. The van der Waals surface area contributed by atoms with Crippen molar-refractivity contribution in [2.75, 3.05) is 4.72 Å². The van der Waals surface area contributed by atoms with E-state index in [4.69, 9.17) is 5.73 Å². The summed E-state index contributed by atoms with van der Waals surface area (Å²) in [6, 6.07) is 7.51. The largest absolute Gasteiger partial charge is 0.366 e. The Hall–Kier alpha value is -1.38. The summed E-state index contributed by atoms with van der Waals surface area (Å²) in [5.74, 6) is -0.558. The van der Waals surface area contributed by atoms with Gasteiger partial charge in [0.2, 0.25) is 5.91 Å². The number of benzene rings is 1. The van der Waals surface area contributed by atoms with Crippen molar-refractivity contribution in [2.45, 2.75) is 11.1 Å². The second kappa shape index (κ2) is 5.55. The van der Waals surface area contributed by atoms with Crippen LogP contribution in [0.15, 0.2) is 38.3 Å². The molecule has 0 unspecified atom stereocenters. The molecule has 0 radical (unpaired) electrons. The van der Waals surface area contributed by atoms with E-state index in [-0.39, 0.29) is 4.21 Å². The van der Waals surface area contributed by atoms with Crippen LogP contribution in [-0.4, -0.2) is 14.3 Å². The molecule has 1 amide bonds. The molecule has 0 aliphatic heterocycles. The fraction of sp³-hybridized carbons (Fsp3) is 0.0833. The standard InChI is InChI=1S/C12H11BrN2O3S2/c1-7-6-10(19-11(7)13)20(17,18)15-9-4-2-8(3-5-9)12(14)16/h2-6,15H,1H3,(H2,14,16). The average molecular weight is 375 g/mol. The zero-order chi connectivity index (χ0) is 14.9. The Morgan fingerprint density at radius 1 is 1.30 bits per heavy atom. The topological polar surface area (TPSA) is 89.3 Å². The number of nitrogens with two attached hydrogens (primary N) is 1. The number of hydrogen-bond acceptors (Lipinski definition) is 4. The van der Waals surface area contributed by atoms with Gasteiger partial charge in [0, 0.05) is 11.3 Å². The Labute approximate surface area is 129 Å². The van der Waals surface area contributed by atoms with Gasteiger partial charge in [-0.2, -0.15) is 0 Å². The van der Waals surface area contributed by atoms with Gasteiger partial charge >= 0.3 is 0 Å². The highest BCUT2D eigenvalue weighted by Gasteiger charge is 2.18. The number of nitrogens with one attached hydrogen (secondary N) is 1. The van der Waals surface area contributed by atoms with Gasteiger partial charge in [-0.3, -0.25) is 9.52 Å². The number of carbonyl (C=O) groups is 1. The zero-order valence-corrected chi connectivity index (χ0v) is 13.6. The van der Waals surface area contributed by atoms with E-state index in [1.54, 1.807) is 6.07 Å². The first kappa shape index (κ1) is 15.0. The molecule has 8 heteroatoms. The van der Waals surface area contributed by atoms with Crippen LogP contribution in [0.4, 0.5) is 5.69 Å². The lowest BCUT2D eigenvalue weighted by Gasteiger charge is -2.06. The van der Waals surface area contributed by atoms with Crippen LogP contribution in [0.3, 0.4) is 0 Å². The minimum absolute atomic E-state index is 0.223. The average Bonchev–Trinajstić information content (AvgIpc) is 2.71. The van der Waals surface area contributed by atoms with Crippen LogP contribution in [0.2, 0.25) is 0 Å². The fourth-order valence-electron chi connectivity index (χ4n) is 1.47. The maximum atomic E-state index is 12.2. The molecule has 3 N–H and O–H groups in total. The number of sulfonamides is 1. The Morgan fingerprint density at radius 3 is 2.35 bits per heavy atom. The van der Waals surface area contributed by atoms with Crippen molar-refractivity contribution in [3.05, 3.63) is 45.2 Å². The van der Waals surface area contributed by atoms with Crippen LogP contribution >= 0.6 is 27.3 Å². The number of amides is 1. The third-order valence-electron chi connectivity index (χ3n) is 2.52. The molecule has 20 heavy (non-hydrogen) atoms. The van der Waals surface area contributed by atoms with Crippen molar-refractivity contribution in [3.8, 4) is 0 Å². The Bertz CT molecular complexity index is 732. The van der Waals surface area contributed by atoms with E-state index < -0.39 is 15.9 Å².